The fraction of sp³-hybridized carbons (Fsp3) is 0.333. The number of ether oxygens (including phenoxy) is 1. The van der Waals surface area contributed by atoms with Gasteiger partial charge in [0.25, 0.3) is 0 Å². The quantitative estimate of drug-likeness (QED) is 0.578. The molecule has 2 N–H and O–H groups in total. The maximum absolute atomic E-state index is 10.9. The Kier molecular flexibility index (Phi) is 4.02. The first-order valence-electron chi connectivity index (χ1n) is 4.12. The molecular weight excluding hydrogens is 222 g/mol. The molecule has 0 radical (unpaired) electrons. The van der Waals surface area contributed by atoms with Crippen LogP contribution in [0.3, 0.4) is 0 Å². The van der Waals surface area contributed by atoms with Crippen LogP contribution >= 0.6 is 11.6 Å². The van der Waals surface area contributed by atoms with Crippen molar-refractivity contribution in [3.05, 3.63) is 29.0 Å². The van der Waals surface area contributed by atoms with Crippen molar-refractivity contribution < 1.29 is 19.7 Å². The molecule has 1 heterocycles. The highest BCUT2D eigenvalue weighted by atomic mass is 35.5. The molecule has 1 aromatic heterocycles. The smallest absolute Gasteiger partial charge is 0.337 e. The number of hydrogen-bond donors (Lipinski definition) is 2. The van der Waals surface area contributed by atoms with E-state index in [0.29, 0.717) is 0 Å². The Balaban J connectivity index is 2.89. The van der Waals surface area contributed by atoms with Crippen LogP contribution in [0.1, 0.15) is 11.7 Å². The number of aliphatic hydroxyl groups excluding tert-OH is 2. The van der Waals surface area contributed by atoms with Crippen molar-refractivity contribution in [1.29, 1.82) is 0 Å². The summed E-state index contributed by atoms with van der Waals surface area (Å²) in [6.07, 6.45) is -1.68. The van der Waals surface area contributed by atoms with Crippen molar-refractivity contribution >= 4 is 17.6 Å². The molecule has 0 fully saturated rings. The highest BCUT2D eigenvalue weighted by molar-refractivity contribution is 6.30. The van der Waals surface area contributed by atoms with Crippen LogP contribution in [0.2, 0.25) is 5.15 Å². The molecular formula is C9H10ClNO4. The first-order valence-corrected chi connectivity index (χ1v) is 4.50. The summed E-state index contributed by atoms with van der Waals surface area (Å²) in [5, 5.41) is 19.0. The van der Waals surface area contributed by atoms with E-state index in [-0.39, 0.29) is 10.7 Å². The molecule has 2 unspecified atom stereocenters. The molecule has 0 spiro atoms. The highest BCUT2D eigenvalue weighted by Crippen LogP contribution is 2.23. The van der Waals surface area contributed by atoms with Gasteiger partial charge in [-0.3, -0.25) is 0 Å². The van der Waals surface area contributed by atoms with Gasteiger partial charge in [-0.15, -0.1) is 0 Å². The minimum Gasteiger partial charge on any atom is -0.467 e. The van der Waals surface area contributed by atoms with Crippen molar-refractivity contribution in [3.63, 3.8) is 0 Å². The number of esters is 1. The third-order valence-corrected chi connectivity index (χ3v) is 2.16. The molecule has 0 aliphatic rings. The van der Waals surface area contributed by atoms with E-state index in [9.17, 15) is 15.0 Å². The van der Waals surface area contributed by atoms with Gasteiger partial charge < -0.3 is 14.9 Å². The zero-order valence-corrected chi connectivity index (χ0v) is 8.68. The Morgan fingerprint density at radius 2 is 2.27 bits per heavy atom. The van der Waals surface area contributed by atoms with Crippen molar-refractivity contribution in [2.24, 2.45) is 0 Å². The fourth-order valence-electron chi connectivity index (χ4n) is 1.04. The predicted octanol–water partition coefficient (Wildman–Crippen LogP) is 0.302. The average molecular weight is 232 g/mol. The van der Waals surface area contributed by atoms with Gasteiger partial charge in [-0.05, 0) is 6.07 Å². The van der Waals surface area contributed by atoms with Crippen LogP contribution in [0.5, 0.6) is 0 Å². The van der Waals surface area contributed by atoms with E-state index in [1.165, 1.54) is 18.3 Å². The summed E-state index contributed by atoms with van der Waals surface area (Å²) >= 11 is 5.68. The van der Waals surface area contributed by atoms with Gasteiger partial charge in [0.15, 0.2) is 6.10 Å². The van der Waals surface area contributed by atoms with Gasteiger partial charge in [0.2, 0.25) is 0 Å². The van der Waals surface area contributed by atoms with E-state index in [0.717, 1.165) is 7.11 Å². The SMILES string of the molecule is COC(=O)C(O)C(O)c1cccnc1Cl. The van der Waals surface area contributed by atoms with Crippen LogP contribution in [-0.2, 0) is 9.53 Å². The van der Waals surface area contributed by atoms with Crippen molar-refractivity contribution in [2.45, 2.75) is 12.2 Å². The van der Waals surface area contributed by atoms with Crippen LogP contribution in [0.15, 0.2) is 18.3 Å². The Labute approximate surface area is 91.3 Å². The number of halogens is 1. The summed E-state index contributed by atoms with van der Waals surface area (Å²) in [5.41, 5.74) is 0.178. The lowest BCUT2D eigenvalue weighted by Crippen LogP contribution is -2.29. The molecule has 82 valence electrons. The van der Waals surface area contributed by atoms with Crippen molar-refractivity contribution in [1.82, 2.24) is 4.98 Å². The predicted molar refractivity (Wildman–Crippen MR) is 52.2 cm³/mol. The standard InChI is InChI=1S/C9H10ClNO4/c1-15-9(14)7(13)6(12)5-3-2-4-11-8(5)10/h2-4,6-7,12-13H,1H3. The van der Waals surface area contributed by atoms with Crippen molar-refractivity contribution in [3.8, 4) is 0 Å². The average Bonchev–Trinajstić information content (AvgIpc) is 2.26. The Morgan fingerprint density at radius 1 is 1.60 bits per heavy atom. The maximum atomic E-state index is 10.9. The minimum atomic E-state index is -1.67. The second kappa shape index (κ2) is 5.06. The van der Waals surface area contributed by atoms with Gasteiger partial charge in [0.1, 0.15) is 11.3 Å². The van der Waals surface area contributed by atoms with Gasteiger partial charge in [0, 0.05) is 11.8 Å². The van der Waals surface area contributed by atoms with Gasteiger partial charge in [0.05, 0.1) is 7.11 Å². The monoisotopic (exact) mass is 231 g/mol. The minimum absolute atomic E-state index is 0.0351. The Morgan fingerprint density at radius 3 is 2.80 bits per heavy atom. The van der Waals surface area contributed by atoms with Crippen LogP contribution in [0.4, 0.5) is 0 Å². The summed E-state index contributed by atoms with van der Waals surface area (Å²) in [6.45, 7) is 0. The molecule has 0 aliphatic carbocycles. The van der Waals surface area contributed by atoms with Gasteiger partial charge >= 0.3 is 5.97 Å². The number of hydrogen-bond acceptors (Lipinski definition) is 5. The van der Waals surface area contributed by atoms with Gasteiger partial charge in [-0.2, -0.15) is 0 Å². The number of carbonyl (C=O) groups is 1. The number of carbonyl (C=O) groups excluding carboxylic acids is 1. The van der Waals surface area contributed by atoms with E-state index >= 15 is 0 Å². The zero-order chi connectivity index (χ0) is 11.4. The summed E-state index contributed by atoms with van der Waals surface area (Å²) in [7, 11) is 1.11. The number of pyridine rings is 1. The molecule has 0 aromatic carbocycles. The molecule has 15 heavy (non-hydrogen) atoms. The lowest BCUT2D eigenvalue weighted by Gasteiger charge is -2.16. The molecule has 5 nitrogen and oxygen atoms in total. The molecule has 0 bridgehead atoms. The van der Waals surface area contributed by atoms with E-state index in [4.69, 9.17) is 11.6 Å². The molecule has 0 saturated heterocycles. The molecule has 6 heteroatoms. The van der Waals surface area contributed by atoms with Gasteiger partial charge in [-0.1, -0.05) is 17.7 Å². The van der Waals surface area contributed by atoms with Gasteiger partial charge in [-0.25, -0.2) is 9.78 Å². The highest BCUT2D eigenvalue weighted by Gasteiger charge is 2.28. The fourth-order valence-corrected chi connectivity index (χ4v) is 1.27. The Bertz CT molecular complexity index is 358. The topological polar surface area (TPSA) is 79.7 Å². The maximum Gasteiger partial charge on any atom is 0.337 e. The Hall–Kier alpha value is -1.17. The molecule has 0 aliphatic heterocycles. The van der Waals surface area contributed by atoms with E-state index in [1.807, 2.05) is 0 Å². The third kappa shape index (κ3) is 2.65. The lowest BCUT2D eigenvalue weighted by atomic mass is 10.1. The largest absolute Gasteiger partial charge is 0.467 e. The summed E-state index contributed by atoms with van der Waals surface area (Å²) in [4.78, 5) is 14.7. The second-order valence-corrected chi connectivity index (χ2v) is 3.15. The van der Waals surface area contributed by atoms with Crippen LogP contribution in [0.25, 0.3) is 0 Å². The lowest BCUT2D eigenvalue weighted by molar-refractivity contribution is -0.156. The summed E-state index contributed by atoms with van der Waals surface area (Å²) in [5.74, 6) is -0.928. The number of rotatable bonds is 3. The third-order valence-electron chi connectivity index (χ3n) is 1.85. The normalized spacial score (nSPS) is 14.4. The number of aliphatic hydroxyl groups is 2. The van der Waals surface area contributed by atoms with Crippen LogP contribution in [-0.4, -0.2) is 34.4 Å². The number of aromatic nitrogens is 1. The molecule has 1 rings (SSSR count). The van der Waals surface area contributed by atoms with Crippen LogP contribution in [0, 0.1) is 0 Å². The molecule has 1 aromatic rings. The van der Waals surface area contributed by atoms with E-state index < -0.39 is 18.2 Å². The molecule has 0 saturated carbocycles. The van der Waals surface area contributed by atoms with E-state index in [1.54, 1.807) is 0 Å². The molecule has 2 atom stereocenters. The summed E-state index contributed by atoms with van der Waals surface area (Å²) < 4.78 is 4.28. The molecule has 0 amide bonds. The zero-order valence-electron chi connectivity index (χ0n) is 7.92. The number of nitrogens with zero attached hydrogens (tertiary/aromatic N) is 1. The van der Waals surface area contributed by atoms with Crippen LogP contribution < -0.4 is 0 Å². The van der Waals surface area contributed by atoms with Crippen molar-refractivity contribution in [2.75, 3.05) is 7.11 Å². The van der Waals surface area contributed by atoms with E-state index in [2.05, 4.69) is 9.72 Å². The summed E-state index contributed by atoms with van der Waals surface area (Å²) in [6, 6.07) is 3.00. The first-order chi connectivity index (χ1) is 7.07. The second-order valence-electron chi connectivity index (χ2n) is 2.80. The number of methoxy groups -OCH3 is 1. The first kappa shape index (κ1) is 11.9.